The Morgan fingerprint density at radius 1 is 1.33 bits per heavy atom. The Morgan fingerprint density at radius 2 is 2.00 bits per heavy atom. The van der Waals surface area contributed by atoms with E-state index in [0.717, 1.165) is 19.6 Å². The molecule has 18 heavy (non-hydrogen) atoms. The van der Waals surface area contributed by atoms with E-state index in [1.807, 2.05) is 0 Å². The van der Waals surface area contributed by atoms with Gasteiger partial charge in [-0.25, -0.2) is 0 Å². The van der Waals surface area contributed by atoms with Crippen LogP contribution < -0.4 is 5.32 Å². The molecular formula is C13H20Cl2N2O. The van der Waals surface area contributed by atoms with E-state index in [2.05, 4.69) is 24.1 Å². The monoisotopic (exact) mass is 290 g/mol. The van der Waals surface area contributed by atoms with Crippen molar-refractivity contribution in [3.63, 3.8) is 0 Å². The summed E-state index contributed by atoms with van der Waals surface area (Å²) < 4.78 is 0. The Hall–Kier alpha value is -0.770. The second kappa shape index (κ2) is 9.20. The van der Waals surface area contributed by atoms with E-state index in [1.165, 1.54) is 0 Å². The van der Waals surface area contributed by atoms with Crippen molar-refractivity contribution in [1.29, 1.82) is 0 Å². The van der Waals surface area contributed by atoms with E-state index >= 15 is 0 Å². The molecule has 0 atom stereocenters. The summed E-state index contributed by atoms with van der Waals surface area (Å²) in [5.74, 6) is -0.0698. The van der Waals surface area contributed by atoms with Gasteiger partial charge in [0, 0.05) is 23.7 Å². The van der Waals surface area contributed by atoms with Gasteiger partial charge in [0.1, 0.15) is 0 Å². The number of nitrogens with one attached hydrogen (secondary N) is 1. The molecule has 0 unspecified atom stereocenters. The van der Waals surface area contributed by atoms with Crippen LogP contribution in [0.25, 0.3) is 0 Å². The van der Waals surface area contributed by atoms with Crippen LogP contribution >= 0.6 is 24.0 Å². The van der Waals surface area contributed by atoms with Gasteiger partial charge in [-0.3, -0.25) is 4.79 Å². The highest BCUT2D eigenvalue weighted by Crippen LogP contribution is 2.10. The number of hydrogen-bond donors (Lipinski definition) is 1. The number of amides is 1. The number of rotatable bonds is 6. The first kappa shape index (κ1) is 17.2. The zero-order valence-corrected chi connectivity index (χ0v) is 12.4. The number of hydrogen-bond acceptors (Lipinski definition) is 2. The van der Waals surface area contributed by atoms with Gasteiger partial charge in [-0.05, 0) is 31.3 Å². The number of benzene rings is 1. The third-order valence-corrected chi connectivity index (χ3v) is 2.93. The highest BCUT2D eigenvalue weighted by atomic mass is 35.5. The summed E-state index contributed by atoms with van der Waals surface area (Å²) in [6.07, 6.45) is 0. The standard InChI is InChI=1S/C13H19ClN2O.ClH/c1-3-16(4-2)9-8-15-13(17)11-6-5-7-12(14)10-11;/h5-7,10H,3-4,8-9H2,1-2H3,(H,15,17);1H. The summed E-state index contributed by atoms with van der Waals surface area (Å²) in [7, 11) is 0. The average molecular weight is 291 g/mol. The molecule has 0 fully saturated rings. The third kappa shape index (κ3) is 5.71. The Morgan fingerprint density at radius 3 is 2.56 bits per heavy atom. The molecule has 0 aliphatic rings. The van der Waals surface area contributed by atoms with Crippen LogP contribution in [-0.4, -0.2) is 37.0 Å². The van der Waals surface area contributed by atoms with Crippen LogP contribution in [0.15, 0.2) is 24.3 Å². The van der Waals surface area contributed by atoms with E-state index < -0.39 is 0 Å². The number of halogens is 2. The second-order valence-electron chi connectivity index (χ2n) is 3.79. The first-order valence-corrected chi connectivity index (χ1v) is 6.31. The lowest BCUT2D eigenvalue weighted by molar-refractivity contribution is 0.0949. The zero-order valence-electron chi connectivity index (χ0n) is 10.8. The van der Waals surface area contributed by atoms with Crippen LogP contribution in [0.3, 0.4) is 0 Å². The molecular weight excluding hydrogens is 271 g/mol. The van der Waals surface area contributed by atoms with Crippen LogP contribution in [0.4, 0.5) is 0 Å². The highest BCUT2D eigenvalue weighted by molar-refractivity contribution is 6.30. The lowest BCUT2D eigenvalue weighted by atomic mass is 10.2. The predicted octanol–water partition coefficient (Wildman–Crippen LogP) is 2.83. The van der Waals surface area contributed by atoms with Crippen molar-refractivity contribution < 1.29 is 4.79 Å². The molecule has 5 heteroatoms. The van der Waals surface area contributed by atoms with Crippen molar-refractivity contribution in [1.82, 2.24) is 10.2 Å². The smallest absolute Gasteiger partial charge is 0.251 e. The van der Waals surface area contributed by atoms with Crippen molar-refractivity contribution in [2.24, 2.45) is 0 Å². The Labute approximate surface area is 120 Å². The van der Waals surface area contributed by atoms with Crippen molar-refractivity contribution in [2.45, 2.75) is 13.8 Å². The van der Waals surface area contributed by atoms with Crippen LogP contribution in [0, 0.1) is 0 Å². The van der Waals surface area contributed by atoms with E-state index in [0.29, 0.717) is 17.1 Å². The third-order valence-electron chi connectivity index (χ3n) is 2.69. The molecule has 0 aliphatic carbocycles. The minimum Gasteiger partial charge on any atom is -0.351 e. The van der Waals surface area contributed by atoms with Gasteiger partial charge in [0.05, 0.1) is 0 Å². The van der Waals surface area contributed by atoms with E-state index in [9.17, 15) is 4.79 Å². The van der Waals surface area contributed by atoms with Crippen molar-refractivity contribution in [2.75, 3.05) is 26.2 Å². The summed E-state index contributed by atoms with van der Waals surface area (Å²) in [6, 6.07) is 6.97. The van der Waals surface area contributed by atoms with Crippen molar-refractivity contribution >= 4 is 29.9 Å². The van der Waals surface area contributed by atoms with Crippen LogP contribution in [0.1, 0.15) is 24.2 Å². The molecule has 1 rings (SSSR count). The van der Waals surface area contributed by atoms with Gasteiger partial charge in [-0.1, -0.05) is 31.5 Å². The lowest BCUT2D eigenvalue weighted by Crippen LogP contribution is -2.34. The fraction of sp³-hybridized carbons (Fsp3) is 0.462. The Bertz CT molecular complexity index is 368. The maximum Gasteiger partial charge on any atom is 0.251 e. The first-order valence-electron chi connectivity index (χ1n) is 5.93. The van der Waals surface area contributed by atoms with Crippen LogP contribution in [-0.2, 0) is 0 Å². The quantitative estimate of drug-likeness (QED) is 0.874. The minimum atomic E-state index is -0.0698. The molecule has 1 aromatic rings. The molecule has 0 aliphatic heterocycles. The highest BCUT2D eigenvalue weighted by Gasteiger charge is 2.05. The fourth-order valence-electron chi connectivity index (χ4n) is 1.60. The molecule has 1 aromatic carbocycles. The molecule has 0 spiro atoms. The SMILES string of the molecule is CCN(CC)CCNC(=O)c1cccc(Cl)c1.Cl. The topological polar surface area (TPSA) is 32.3 Å². The fourth-order valence-corrected chi connectivity index (χ4v) is 1.79. The predicted molar refractivity (Wildman–Crippen MR) is 78.8 cm³/mol. The molecule has 0 radical (unpaired) electrons. The van der Waals surface area contributed by atoms with E-state index in [1.54, 1.807) is 24.3 Å². The van der Waals surface area contributed by atoms with Gasteiger partial charge in [-0.2, -0.15) is 0 Å². The molecule has 102 valence electrons. The lowest BCUT2D eigenvalue weighted by Gasteiger charge is -2.17. The second-order valence-corrected chi connectivity index (χ2v) is 4.23. The number of nitrogens with zero attached hydrogens (tertiary/aromatic N) is 1. The maximum atomic E-state index is 11.8. The first-order chi connectivity index (χ1) is 8.17. The van der Waals surface area contributed by atoms with Crippen molar-refractivity contribution in [3.05, 3.63) is 34.9 Å². The summed E-state index contributed by atoms with van der Waals surface area (Å²) >= 11 is 5.83. The Kier molecular flexibility index (Phi) is 8.81. The summed E-state index contributed by atoms with van der Waals surface area (Å²) in [4.78, 5) is 14.0. The number of likely N-dealkylation sites (N-methyl/N-ethyl adjacent to an activating group) is 1. The van der Waals surface area contributed by atoms with E-state index in [-0.39, 0.29) is 18.3 Å². The minimum absolute atomic E-state index is 0. The normalized spacial score (nSPS) is 10.0. The molecule has 0 saturated heterocycles. The van der Waals surface area contributed by atoms with Crippen LogP contribution in [0.5, 0.6) is 0 Å². The molecule has 1 amide bonds. The Balaban J connectivity index is 0.00000289. The van der Waals surface area contributed by atoms with Gasteiger partial charge >= 0.3 is 0 Å². The van der Waals surface area contributed by atoms with Gasteiger partial charge in [0.2, 0.25) is 0 Å². The molecule has 1 N–H and O–H groups in total. The van der Waals surface area contributed by atoms with Crippen LogP contribution in [0.2, 0.25) is 5.02 Å². The van der Waals surface area contributed by atoms with Gasteiger partial charge in [-0.15, -0.1) is 12.4 Å². The summed E-state index contributed by atoms with van der Waals surface area (Å²) in [6.45, 7) is 7.77. The summed E-state index contributed by atoms with van der Waals surface area (Å²) in [5.41, 5.74) is 0.608. The average Bonchev–Trinajstić information content (AvgIpc) is 2.34. The van der Waals surface area contributed by atoms with Gasteiger partial charge in [0.15, 0.2) is 0 Å². The summed E-state index contributed by atoms with van der Waals surface area (Å²) in [5, 5.41) is 3.47. The zero-order chi connectivity index (χ0) is 12.7. The van der Waals surface area contributed by atoms with E-state index in [4.69, 9.17) is 11.6 Å². The van der Waals surface area contributed by atoms with Crippen molar-refractivity contribution in [3.8, 4) is 0 Å². The van der Waals surface area contributed by atoms with Gasteiger partial charge < -0.3 is 10.2 Å². The number of carbonyl (C=O) groups is 1. The largest absolute Gasteiger partial charge is 0.351 e. The number of carbonyl (C=O) groups excluding carboxylic acids is 1. The molecule has 0 aromatic heterocycles. The van der Waals surface area contributed by atoms with Gasteiger partial charge in [0.25, 0.3) is 5.91 Å². The molecule has 0 heterocycles. The molecule has 0 saturated carbocycles. The molecule has 3 nitrogen and oxygen atoms in total. The molecule has 0 bridgehead atoms. The maximum absolute atomic E-state index is 11.8.